The van der Waals surface area contributed by atoms with Gasteiger partial charge in [-0.15, -0.1) is 11.6 Å². The van der Waals surface area contributed by atoms with Crippen molar-refractivity contribution in [2.24, 2.45) is 0 Å². The Bertz CT molecular complexity index is 681. The lowest BCUT2D eigenvalue weighted by molar-refractivity contribution is 0.0751. The molecule has 0 spiro atoms. The Morgan fingerprint density at radius 2 is 2.14 bits per heavy atom. The molecule has 1 heterocycles. The summed E-state index contributed by atoms with van der Waals surface area (Å²) in [5, 5.41) is 10.1. The number of benzene rings is 1. The molecule has 5 nitrogen and oxygen atoms in total. The molecule has 2 rings (SSSR count). The minimum Gasteiger partial charge on any atom is -0.504 e. The molecule has 0 saturated carbocycles. The number of phenols is 1. The van der Waals surface area contributed by atoms with Gasteiger partial charge in [-0.25, -0.2) is 0 Å². The van der Waals surface area contributed by atoms with Crippen LogP contribution < -0.4 is 4.74 Å². The zero-order valence-corrected chi connectivity index (χ0v) is 13.5. The SMILES string of the molecule is COc1cccc(CN(C)C(=O)c2cc(CCl)c(C)o2)c1O. The summed E-state index contributed by atoms with van der Waals surface area (Å²) in [5.41, 5.74) is 1.39. The number of amides is 1. The molecule has 0 saturated heterocycles. The highest BCUT2D eigenvalue weighted by Gasteiger charge is 2.19. The number of aryl methyl sites for hydroxylation is 1. The zero-order chi connectivity index (χ0) is 16.3. The van der Waals surface area contributed by atoms with E-state index in [4.69, 9.17) is 20.8 Å². The predicted molar refractivity (Wildman–Crippen MR) is 83.5 cm³/mol. The van der Waals surface area contributed by atoms with Crippen LogP contribution in [0.5, 0.6) is 11.5 Å². The minimum absolute atomic E-state index is 0.0294. The minimum atomic E-state index is -0.276. The first-order valence-corrected chi connectivity index (χ1v) is 7.27. The van der Waals surface area contributed by atoms with Crippen molar-refractivity contribution in [3.63, 3.8) is 0 Å². The Morgan fingerprint density at radius 3 is 2.73 bits per heavy atom. The number of phenolic OH excluding ortho intramolecular Hbond substituents is 1. The lowest BCUT2D eigenvalue weighted by atomic mass is 10.1. The van der Waals surface area contributed by atoms with Crippen molar-refractivity contribution in [1.29, 1.82) is 0 Å². The van der Waals surface area contributed by atoms with Gasteiger partial charge in [0.05, 0.1) is 13.0 Å². The van der Waals surface area contributed by atoms with Gasteiger partial charge >= 0.3 is 0 Å². The van der Waals surface area contributed by atoms with Crippen molar-refractivity contribution < 1.29 is 19.1 Å². The number of halogens is 1. The maximum absolute atomic E-state index is 12.4. The number of para-hydroxylation sites is 1. The van der Waals surface area contributed by atoms with Crippen LogP contribution in [0.1, 0.15) is 27.4 Å². The van der Waals surface area contributed by atoms with Gasteiger partial charge in [-0.05, 0) is 19.1 Å². The van der Waals surface area contributed by atoms with Crippen LogP contribution in [0.3, 0.4) is 0 Å². The van der Waals surface area contributed by atoms with Gasteiger partial charge in [0.25, 0.3) is 5.91 Å². The molecule has 1 N–H and O–H groups in total. The van der Waals surface area contributed by atoms with Crippen molar-refractivity contribution in [2.75, 3.05) is 14.2 Å². The molecule has 1 aromatic carbocycles. The molecule has 0 fully saturated rings. The van der Waals surface area contributed by atoms with Crippen LogP contribution in [0.15, 0.2) is 28.7 Å². The summed E-state index contributed by atoms with van der Waals surface area (Å²) < 4.78 is 10.5. The summed E-state index contributed by atoms with van der Waals surface area (Å²) in [5.74, 6) is 1.29. The normalized spacial score (nSPS) is 10.5. The summed E-state index contributed by atoms with van der Waals surface area (Å²) >= 11 is 5.78. The topological polar surface area (TPSA) is 62.9 Å². The van der Waals surface area contributed by atoms with Gasteiger partial charge in [-0.3, -0.25) is 4.79 Å². The van der Waals surface area contributed by atoms with Crippen LogP contribution in [-0.2, 0) is 12.4 Å². The lowest BCUT2D eigenvalue weighted by Crippen LogP contribution is -2.25. The highest BCUT2D eigenvalue weighted by Crippen LogP contribution is 2.30. The van der Waals surface area contributed by atoms with Gasteiger partial charge in [0.15, 0.2) is 17.3 Å². The van der Waals surface area contributed by atoms with E-state index < -0.39 is 0 Å². The molecule has 2 aromatic rings. The Kier molecular flexibility index (Phi) is 4.98. The molecule has 0 aliphatic carbocycles. The molecule has 0 radical (unpaired) electrons. The van der Waals surface area contributed by atoms with E-state index in [0.717, 1.165) is 5.56 Å². The molecule has 1 amide bonds. The highest BCUT2D eigenvalue weighted by molar-refractivity contribution is 6.17. The monoisotopic (exact) mass is 323 g/mol. The number of hydrogen-bond acceptors (Lipinski definition) is 4. The third-order valence-electron chi connectivity index (χ3n) is 3.43. The third-order valence-corrected chi connectivity index (χ3v) is 3.72. The van der Waals surface area contributed by atoms with Crippen LogP contribution in [0.2, 0.25) is 0 Å². The third kappa shape index (κ3) is 3.20. The van der Waals surface area contributed by atoms with Crippen molar-refractivity contribution >= 4 is 17.5 Å². The molecular weight excluding hydrogens is 306 g/mol. The number of nitrogens with zero attached hydrogens (tertiary/aromatic N) is 1. The molecular formula is C16H18ClNO4. The molecule has 0 atom stereocenters. The van der Waals surface area contributed by atoms with Crippen molar-refractivity contribution in [3.05, 3.63) is 46.9 Å². The van der Waals surface area contributed by atoms with Gasteiger partial charge < -0.3 is 19.2 Å². The van der Waals surface area contributed by atoms with Crippen LogP contribution in [0.4, 0.5) is 0 Å². The lowest BCUT2D eigenvalue weighted by Gasteiger charge is -2.17. The van der Waals surface area contributed by atoms with E-state index in [2.05, 4.69) is 0 Å². The standard InChI is InChI=1S/C16H18ClNO4/c1-10-12(8-17)7-14(22-10)16(20)18(2)9-11-5-4-6-13(21-3)15(11)19/h4-7,19H,8-9H2,1-3H3. The number of ether oxygens (including phenoxy) is 1. The number of hydrogen-bond donors (Lipinski definition) is 1. The first-order valence-electron chi connectivity index (χ1n) is 6.73. The first-order chi connectivity index (χ1) is 10.5. The smallest absolute Gasteiger partial charge is 0.289 e. The van der Waals surface area contributed by atoms with Crippen LogP contribution in [0.25, 0.3) is 0 Å². The molecule has 118 valence electrons. The largest absolute Gasteiger partial charge is 0.504 e. The quantitative estimate of drug-likeness (QED) is 0.857. The maximum atomic E-state index is 12.4. The van der Waals surface area contributed by atoms with Crippen LogP contribution in [0, 0.1) is 6.92 Å². The predicted octanol–water partition coefficient (Wildman–Crippen LogP) is 3.31. The number of furan rings is 1. The van der Waals surface area contributed by atoms with Crippen molar-refractivity contribution in [3.8, 4) is 11.5 Å². The molecule has 0 aliphatic rings. The second kappa shape index (κ2) is 6.75. The highest BCUT2D eigenvalue weighted by atomic mass is 35.5. The molecule has 0 unspecified atom stereocenters. The van der Waals surface area contributed by atoms with Gasteiger partial charge in [-0.2, -0.15) is 0 Å². The molecule has 0 aliphatic heterocycles. The number of carbonyl (C=O) groups is 1. The zero-order valence-electron chi connectivity index (χ0n) is 12.7. The summed E-state index contributed by atoms with van der Waals surface area (Å²) in [4.78, 5) is 13.8. The van der Waals surface area contributed by atoms with Crippen molar-refractivity contribution in [1.82, 2.24) is 4.90 Å². The van der Waals surface area contributed by atoms with Gasteiger partial charge in [0, 0.05) is 24.7 Å². The number of methoxy groups -OCH3 is 1. The maximum Gasteiger partial charge on any atom is 0.289 e. The van der Waals surface area contributed by atoms with Crippen molar-refractivity contribution in [2.45, 2.75) is 19.3 Å². The number of aromatic hydroxyl groups is 1. The van der Waals surface area contributed by atoms with Gasteiger partial charge in [0.2, 0.25) is 0 Å². The summed E-state index contributed by atoms with van der Waals surface area (Å²) in [6.07, 6.45) is 0. The Labute approximate surface area is 134 Å². The van der Waals surface area contributed by atoms with E-state index in [1.807, 2.05) is 0 Å². The average molecular weight is 324 g/mol. The summed E-state index contributed by atoms with van der Waals surface area (Å²) in [7, 11) is 3.12. The second-order valence-corrected chi connectivity index (χ2v) is 5.22. The fraction of sp³-hybridized carbons (Fsp3) is 0.312. The van der Waals surface area contributed by atoms with E-state index in [-0.39, 0.29) is 24.0 Å². The van der Waals surface area contributed by atoms with E-state index in [1.54, 1.807) is 38.2 Å². The van der Waals surface area contributed by atoms with E-state index in [0.29, 0.717) is 23.0 Å². The fourth-order valence-corrected chi connectivity index (χ4v) is 2.40. The number of alkyl halides is 1. The second-order valence-electron chi connectivity index (χ2n) is 4.95. The van der Waals surface area contributed by atoms with Gasteiger partial charge in [0.1, 0.15) is 5.76 Å². The Balaban J connectivity index is 2.18. The number of rotatable bonds is 5. The Morgan fingerprint density at radius 1 is 1.41 bits per heavy atom. The van der Waals surface area contributed by atoms with E-state index in [9.17, 15) is 9.90 Å². The molecule has 6 heteroatoms. The first kappa shape index (κ1) is 16.2. The summed E-state index contributed by atoms with van der Waals surface area (Å²) in [6, 6.07) is 6.80. The Hall–Kier alpha value is -2.14. The fourth-order valence-electron chi connectivity index (χ4n) is 2.13. The van der Waals surface area contributed by atoms with E-state index in [1.165, 1.54) is 12.0 Å². The summed E-state index contributed by atoms with van der Waals surface area (Å²) in [6.45, 7) is 2.00. The van der Waals surface area contributed by atoms with Crippen LogP contribution >= 0.6 is 11.6 Å². The van der Waals surface area contributed by atoms with Crippen LogP contribution in [-0.4, -0.2) is 30.1 Å². The van der Waals surface area contributed by atoms with E-state index >= 15 is 0 Å². The molecule has 1 aromatic heterocycles. The number of carbonyl (C=O) groups excluding carboxylic acids is 1. The van der Waals surface area contributed by atoms with Gasteiger partial charge in [-0.1, -0.05) is 12.1 Å². The molecule has 22 heavy (non-hydrogen) atoms. The average Bonchev–Trinajstić information content (AvgIpc) is 2.89. The molecule has 0 bridgehead atoms.